The molecule has 3 rings (SSSR count). The Hall–Kier alpha value is -1.60. The molecule has 15 heavy (non-hydrogen) atoms. The first-order chi connectivity index (χ1) is 7.42. The monoisotopic (exact) mass is 215 g/mol. The molecule has 0 saturated heterocycles. The van der Waals surface area contributed by atoms with Crippen LogP contribution in [-0.4, -0.2) is 15.0 Å². The van der Waals surface area contributed by atoms with Crippen molar-refractivity contribution in [3.63, 3.8) is 0 Å². The lowest BCUT2D eigenvalue weighted by Crippen LogP contribution is -2.06. The molecule has 0 amide bonds. The third-order valence-corrected chi connectivity index (χ3v) is 3.33. The number of para-hydroxylation sites is 1. The number of nitrogens with zero attached hydrogens (tertiary/aromatic N) is 1. The SMILES string of the molecule is c1ccc2[nH]c(Pc3ncc[nH]3)cc2c1. The van der Waals surface area contributed by atoms with Crippen molar-refractivity contribution < 1.29 is 0 Å². The van der Waals surface area contributed by atoms with E-state index < -0.39 is 0 Å². The molecule has 3 aromatic rings. The van der Waals surface area contributed by atoms with Gasteiger partial charge >= 0.3 is 0 Å². The van der Waals surface area contributed by atoms with Crippen LogP contribution in [0.1, 0.15) is 0 Å². The maximum Gasteiger partial charge on any atom is 0.131 e. The zero-order valence-electron chi connectivity index (χ0n) is 7.99. The summed E-state index contributed by atoms with van der Waals surface area (Å²) < 4.78 is 0. The average molecular weight is 215 g/mol. The molecule has 0 fully saturated rings. The largest absolute Gasteiger partial charge is 0.355 e. The number of aromatic nitrogens is 3. The van der Waals surface area contributed by atoms with Crippen LogP contribution in [0.3, 0.4) is 0 Å². The molecular weight excluding hydrogens is 205 g/mol. The Morgan fingerprint density at radius 3 is 2.93 bits per heavy atom. The van der Waals surface area contributed by atoms with Crippen molar-refractivity contribution in [2.24, 2.45) is 0 Å². The first kappa shape index (κ1) is 8.69. The Balaban J connectivity index is 1.98. The van der Waals surface area contributed by atoms with Crippen molar-refractivity contribution in [3.05, 3.63) is 42.7 Å². The molecule has 0 radical (unpaired) electrons. The fraction of sp³-hybridized carbons (Fsp3) is 0. The Kier molecular flexibility index (Phi) is 2.04. The van der Waals surface area contributed by atoms with Crippen LogP contribution in [0, 0.1) is 0 Å². The van der Waals surface area contributed by atoms with Crippen molar-refractivity contribution in [2.75, 3.05) is 0 Å². The van der Waals surface area contributed by atoms with E-state index >= 15 is 0 Å². The van der Waals surface area contributed by atoms with Gasteiger partial charge < -0.3 is 9.97 Å². The van der Waals surface area contributed by atoms with E-state index in [-0.39, 0.29) is 0 Å². The minimum Gasteiger partial charge on any atom is -0.355 e. The van der Waals surface area contributed by atoms with Crippen molar-refractivity contribution in [1.82, 2.24) is 15.0 Å². The third kappa shape index (κ3) is 1.66. The Morgan fingerprint density at radius 1 is 1.20 bits per heavy atom. The minimum absolute atomic E-state index is 0.562. The molecule has 0 spiro atoms. The van der Waals surface area contributed by atoms with E-state index in [0.29, 0.717) is 8.58 Å². The number of H-pyrrole nitrogens is 2. The van der Waals surface area contributed by atoms with E-state index in [1.807, 2.05) is 12.3 Å². The molecule has 3 nitrogen and oxygen atoms in total. The maximum absolute atomic E-state index is 4.22. The molecule has 0 aliphatic heterocycles. The fourth-order valence-corrected chi connectivity index (χ4v) is 2.58. The number of aromatic amines is 2. The smallest absolute Gasteiger partial charge is 0.131 e. The van der Waals surface area contributed by atoms with Crippen molar-refractivity contribution in [3.8, 4) is 0 Å². The predicted octanol–water partition coefficient (Wildman–Crippen LogP) is 1.52. The molecule has 2 heterocycles. The van der Waals surface area contributed by atoms with Gasteiger partial charge in [0.15, 0.2) is 0 Å². The number of nitrogens with one attached hydrogen (secondary N) is 2. The summed E-state index contributed by atoms with van der Waals surface area (Å²) in [6.45, 7) is 0. The second kappa shape index (κ2) is 3.52. The van der Waals surface area contributed by atoms with Crippen LogP contribution in [0.2, 0.25) is 0 Å². The molecule has 0 aliphatic rings. The summed E-state index contributed by atoms with van der Waals surface area (Å²) in [6, 6.07) is 10.5. The lowest BCUT2D eigenvalue weighted by atomic mass is 10.3. The molecule has 1 unspecified atom stereocenters. The zero-order valence-corrected chi connectivity index (χ0v) is 8.99. The quantitative estimate of drug-likeness (QED) is 0.625. The van der Waals surface area contributed by atoms with E-state index in [1.165, 1.54) is 16.3 Å². The summed E-state index contributed by atoms with van der Waals surface area (Å²) in [7, 11) is 0.562. The highest BCUT2D eigenvalue weighted by Gasteiger charge is 2.02. The molecule has 0 aliphatic carbocycles. The molecule has 0 bridgehead atoms. The lowest BCUT2D eigenvalue weighted by molar-refractivity contribution is 1.41. The van der Waals surface area contributed by atoms with Crippen LogP contribution in [0.15, 0.2) is 42.7 Å². The number of rotatable bonds is 2. The topological polar surface area (TPSA) is 44.5 Å². The predicted molar refractivity (Wildman–Crippen MR) is 64.5 cm³/mol. The van der Waals surface area contributed by atoms with Crippen LogP contribution in [0.5, 0.6) is 0 Å². The Bertz CT molecular complexity index is 535. The number of hydrogen-bond acceptors (Lipinski definition) is 1. The van der Waals surface area contributed by atoms with Gasteiger partial charge in [0.25, 0.3) is 0 Å². The summed E-state index contributed by atoms with van der Waals surface area (Å²) in [5, 5.41) is 1.26. The zero-order chi connectivity index (χ0) is 10.1. The second-order valence-corrected chi connectivity index (χ2v) is 4.60. The van der Waals surface area contributed by atoms with E-state index in [9.17, 15) is 0 Å². The minimum atomic E-state index is 0.562. The summed E-state index contributed by atoms with van der Waals surface area (Å²) in [5.41, 5.74) is 3.42. The number of fused-ring (bicyclic) bond motifs is 1. The molecule has 0 saturated carbocycles. The molecule has 4 heteroatoms. The fourth-order valence-electron chi connectivity index (χ4n) is 1.60. The van der Waals surface area contributed by atoms with Crippen LogP contribution >= 0.6 is 8.58 Å². The lowest BCUT2D eigenvalue weighted by Gasteiger charge is -1.92. The summed E-state index contributed by atoms with van der Waals surface area (Å²) in [5.74, 6) is 0. The second-order valence-electron chi connectivity index (χ2n) is 3.33. The van der Waals surface area contributed by atoms with Gasteiger partial charge in [-0.2, -0.15) is 0 Å². The van der Waals surface area contributed by atoms with E-state index in [2.05, 4.69) is 39.2 Å². The highest BCUT2D eigenvalue weighted by Crippen LogP contribution is 2.14. The van der Waals surface area contributed by atoms with Gasteiger partial charge in [0.2, 0.25) is 0 Å². The van der Waals surface area contributed by atoms with Gasteiger partial charge in [0.1, 0.15) is 5.57 Å². The molecule has 2 N–H and O–H groups in total. The first-order valence-corrected chi connectivity index (χ1v) is 5.76. The normalized spacial score (nSPS) is 11.7. The van der Waals surface area contributed by atoms with Crippen molar-refractivity contribution in [2.45, 2.75) is 0 Å². The van der Waals surface area contributed by atoms with Gasteiger partial charge in [-0.25, -0.2) is 4.98 Å². The third-order valence-electron chi connectivity index (χ3n) is 2.28. The average Bonchev–Trinajstić information content (AvgIpc) is 2.86. The van der Waals surface area contributed by atoms with Gasteiger partial charge in [0.05, 0.1) is 0 Å². The summed E-state index contributed by atoms with van der Waals surface area (Å²) >= 11 is 0. The van der Waals surface area contributed by atoms with E-state index in [4.69, 9.17) is 0 Å². The summed E-state index contributed by atoms with van der Waals surface area (Å²) in [4.78, 5) is 10.7. The van der Waals surface area contributed by atoms with Crippen LogP contribution in [0.25, 0.3) is 10.9 Å². The van der Waals surface area contributed by atoms with E-state index in [1.54, 1.807) is 6.20 Å². The Morgan fingerprint density at radius 2 is 2.13 bits per heavy atom. The van der Waals surface area contributed by atoms with Gasteiger partial charge in [-0.15, -0.1) is 0 Å². The van der Waals surface area contributed by atoms with Crippen LogP contribution < -0.4 is 11.0 Å². The first-order valence-electron chi connectivity index (χ1n) is 4.76. The number of hydrogen-bond donors (Lipinski definition) is 2. The van der Waals surface area contributed by atoms with Gasteiger partial charge in [0, 0.05) is 28.7 Å². The van der Waals surface area contributed by atoms with Crippen LogP contribution in [0.4, 0.5) is 0 Å². The molecule has 1 aromatic carbocycles. The molecular formula is C11H10N3P. The van der Waals surface area contributed by atoms with Gasteiger partial charge in [-0.05, 0) is 20.7 Å². The highest BCUT2D eigenvalue weighted by molar-refractivity contribution is 7.54. The molecule has 1 atom stereocenters. The van der Waals surface area contributed by atoms with E-state index in [0.717, 1.165) is 5.57 Å². The van der Waals surface area contributed by atoms with Crippen molar-refractivity contribution in [1.29, 1.82) is 0 Å². The molecule has 2 aromatic heterocycles. The molecule has 74 valence electrons. The maximum atomic E-state index is 4.22. The van der Waals surface area contributed by atoms with Gasteiger partial charge in [-0.1, -0.05) is 18.2 Å². The standard InChI is InChI=1S/C11H10N3P/c1-2-4-9-8(3-1)7-10(14-9)15-11-12-5-6-13-11/h1-7,14-15H,(H,12,13). The highest BCUT2D eigenvalue weighted by atomic mass is 31.1. The number of benzene rings is 1. The van der Waals surface area contributed by atoms with Gasteiger partial charge in [-0.3, -0.25) is 0 Å². The summed E-state index contributed by atoms with van der Waals surface area (Å²) in [6.07, 6.45) is 3.63. The number of imidazole rings is 1. The van der Waals surface area contributed by atoms with Crippen LogP contribution in [-0.2, 0) is 0 Å². The van der Waals surface area contributed by atoms with Crippen molar-refractivity contribution >= 4 is 30.5 Å². The Labute approximate surface area is 88.7 Å².